The predicted octanol–water partition coefficient (Wildman–Crippen LogP) is 9.76. The van der Waals surface area contributed by atoms with Gasteiger partial charge in [0.25, 0.3) is 5.91 Å². The van der Waals surface area contributed by atoms with Crippen LogP contribution in [-0.2, 0) is 9.59 Å². The zero-order valence-electron chi connectivity index (χ0n) is 29.4. The molecule has 1 N–H and O–H groups in total. The van der Waals surface area contributed by atoms with Crippen molar-refractivity contribution in [1.82, 2.24) is 10.2 Å². The molecule has 3 rings (SSSR count). The molecule has 49 heavy (non-hydrogen) atoms. The number of rotatable bonds is 20. The molecule has 1 atom stereocenters. The van der Waals surface area contributed by atoms with Gasteiger partial charge in [0.05, 0.1) is 0 Å². The Labute approximate surface area is 298 Å². The summed E-state index contributed by atoms with van der Waals surface area (Å²) in [4.78, 5) is 40.8. The number of allylic oxidation sites excluding steroid dienone is 10. The third-order valence-corrected chi connectivity index (χ3v) is 8.51. The van der Waals surface area contributed by atoms with Gasteiger partial charge in [0.15, 0.2) is 11.4 Å². The van der Waals surface area contributed by atoms with Crippen molar-refractivity contribution in [2.75, 3.05) is 13.1 Å². The number of hydrogen-bond acceptors (Lipinski definition) is 4. The molecule has 2 aromatic rings. The van der Waals surface area contributed by atoms with Gasteiger partial charge in [0, 0.05) is 41.7 Å². The topological polar surface area (TPSA) is 75.7 Å². The van der Waals surface area contributed by atoms with Crippen LogP contribution in [0.5, 0.6) is 5.75 Å². The number of benzene rings is 2. The molecule has 7 heteroatoms. The number of amides is 2. The number of carbonyl (C=O) groups excluding carboxylic acids is 3. The van der Waals surface area contributed by atoms with Gasteiger partial charge < -0.3 is 15.0 Å². The summed E-state index contributed by atoms with van der Waals surface area (Å²) < 4.78 is 6.01. The van der Waals surface area contributed by atoms with Gasteiger partial charge in [-0.05, 0) is 120 Å². The molecule has 2 amide bonds. The number of carbonyl (C=O) groups is 3. The first-order valence-electron chi connectivity index (χ1n) is 17.6. The molecule has 0 bridgehead atoms. The van der Waals surface area contributed by atoms with E-state index < -0.39 is 5.60 Å². The number of nitrogens with zero attached hydrogens (tertiary/aromatic N) is 1. The van der Waals surface area contributed by atoms with Crippen molar-refractivity contribution >= 4 is 29.2 Å². The maximum absolute atomic E-state index is 13.1. The average molecular weight is 685 g/mol. The molecule has 1 fully saturated rings. The Balaban J connectivity index is 1.32. The molecule has 0 spiro atoms. The average Bonchev–Trinajstić information content (AvgIpc) is 3.57. The van der Waals surface area contributed by atoms with Crippen LogP contribution >= 0.6 is 11.6 Å². The summed E-state index contributed by atoms with van der Waals surface area (Å²) in [6, 6.07) is 13.5. The van der Waals surface area contributed by atoms with Crippen LogP contribution < -0.4 is 10.1 Å². The Morgan fingerprint density at radius 3 is 1.92 bits per heavy atom. The minimum Gasteiger partial charge on any atom is -0.478 e. The van der Waals surface area contributed by atoms with Gasteiger partial charge in [-0.25, -0.2) is 0 Å². The van der Waals surface area contributed by atoms with Crippen LogP contribution in [0.4, 0.5) is 0 Å². The van der Waals surface area contributed by atoms with Crippen LogP contribution in [0, 0.1) is 0 Å². The first-order chi connectivity index (χ1) is 23.7. The molecular weight excluding hydrogens is 632 g/mol. The van der Waals surface area contributed by atoms with Gasteiger partial charge in [0.2, 0.25) is 5.91 Å². The molecular formula is C42H53ClN2O4. The van der Waals surface area contributed by atoms with Crippen LogP contribution in [0.2, 0.25) is 5.02 Å². The maximum atomic E-state index is 13.1. The van der Waals surface area contributed by atoms with E-state index in [0.717, 1.165) is 64.3 Å². The van der Waals surface area contributed by atoms with Crippen molar-refractivity contribution in [1.29, 1.82) is 0 Å². The summed E-state index contributed by atoms with van der Waals surface area (Å²) in [7, 11) is 0. The third kappa shape index (κ3) is 14.5. The molecule has 1 saturated heterocycles. The summed E-state index contributed by atoms with van der Waals surface area (Å²) >= 11 is 5.93. The molecule has 6 nitrogen and oxygen atoms in total. The zero-order chi connectivity index (χ0) is 35.3. The number of likely N-dealkylation sites (tertiary alicyclic amines) is 1. The number of unbranched alkanes of at least 4 members (excludes halogenated alkanes) is 1. The highest BCUT2D eigenvalue weighted by Gasteiger charge is 2.33. The van der Waals surface area contributed by atoms with Crippen molar-refractivity contribution in [3.63, 3.8) is 0 Å². The van der Waals surface area contributed by atoms with E-state index in [1.54, 1.807) is 62.4 Å². The Morgan fingerprint density at radius 2 is 1.35 bits per heavy atom. The largest absolute Gasteiger partial charge is 0.478 e. The number of ether oxygens (including phenoxy) is 1. The zero-order valence-corrected chi connectivity index (χ0v) is 30.2. The second-order valence-electron chi connectivity index (χ2n) is 12.7. The Hall–Kier alpha value is -4.16. The fraction of sp³-hybridized carbons (Fsp3) is 0.405. The number of halogens is 1. The lowest BCUT2D eigenvalue weighted by Crippen LogP contribution is -2.50. The first-order valence-corrected chi connectivity index (χ1v) is 18.0. The molecule has 0 radical (unpaired) electrons. The number of ketones is 1. The molecule has 1 unspecified atom stereocenters. The van der Waals surface area contributed by atoms with Crippen molar-refractivity contribution in [3.8, 4) is 5.75 Å². The fourth-order valence-corrected chi connectivity index (χ4v) is 5.59. The van der Waals surface area contributed by atoms with Gasteiger partial charge in [-0.3, -0.25) is 14.4 Å². The van der Waals surface area contributed by atoms with E-state index in [1.165, 1.54) is 0 Å². The van der Waals surface area contributed by atoms with Gasteiger partial charge in [-0.15, -0.1) is 0 Å². The summed E-state index contributed by atoms with van der Waals surface area (Å²) in [5.41, 5.74) is -0.0839. The van der Waals surface area contributed by atoms with E-state index in [1.807, 2.05) is 4.90 Å². The van der Waals surface area contributed by atoms with Crippen molar-refractivity contribution < 1.29 is 19.1 Å². The minimum atomic E-state index is -1.14. The molecule has 1 heterocycles. The lowest BCUT2D eigenvalue weighted by Gasteiger charge is -2.29. The second kappa shape index (κ2) is 21.7. The first kappa shape index (κ1) is 39.3. The monoisotopic (exact) mass is 684 g/mol. The summed E-state index contributed by atoms with van der Waals surface area (Å²) in [5, 5.41) is 3.57. The number of nitrogens with one attached hydrogen (secondary N) is 1. The molecule has 0 aromatic heterocycles. The fourth-order valence-electron chi connectivity index (χ4n) is 5.47. The normalized spacial score (nSPS) is 15.4. The summed E-state index contributed by atoms with van der Waals surface area (Å²) in [6.45, 7) is 6.68. The van der Waals surface area contributed by atoms with E-state index in [4.69, 9.17) is 16.3 Å². The lowest BCUT2D eigenvalue weighted by molar-refractivity contribution is -0.136. The Kier molecular flexibility index (Phi) is 17.4. The molecule has 1 aliphatic rings. The quantitative estimate of drug-likeness (QED) is 0.0856. The summed E-state index contributed by atoms with van der Waals surface area (Å²) in [5.74, 6) is 0.252. The molecule has 1 aliphatic heterocycles. The second-order valence-corrected chi connectivity index (χ2v) is 13.1. The molecule has 262 valence electrons. The SMILES string of the molecule is CC/C=C\C/C=C\C/C=C\C/C=C\C/C=C\CCCC(=O)N1CCCC1CNC(=O)C(C)(C)Oc1ccc(C(=O)c2ccc(Cl)cc2)cc1. The van der Waals surface area contributed by atoms with Gasteiger partial charge in [0.1, 0.15) is 5.75 Å². The predicted molar refractivity (Wildman–Crippen MR) is 202 cm³/mol. The standard InChI is InChI=1S/C42H53ClN2O4/c1-4-5-6-7-8-9-10-11-12-13-14-15-16-17-18-19-20-23-39(46)45-32-21-22-37(45)33-44-41(48)42(2,3)49-38-30-26-35(27-31-38)40(47)34-24-28-36(43)29-25-34/h5-6,8-9,11-12,14-15,17-18,24-31,37H,4,7,10,13,16,19-23,32-33H2,1-3H3,(H,44,48)/b6-5-,9-8-,12-11-,15-14-,18-17-. The van der Waals surface area contributed by atoms with Crippen LogP contribution in [0.25, 0.3) is 0 Å². The van der Waals surface area contributed by atoms with Crippen molar-refractivity contribution in [2.45, 2.75) is 96.6 Å². The van der Waals surface area contributed by atoms with Gasteiger partial charge in [-0.2, -0.15) is 0 Å². The van der Waals surface area contributed by atoms with Crippen LogP contribution in [0.3, 0.4) is 0 Å². The highest BCUT2D eigenvalue weighted by Crippen LogP contribution is 2.23. The van der Waals surface area contributed by atoms with Gasteiger partial charge >= 0.3 is 0 Å². The highest BCUT2D eigenvalue weighted by molar-refractivity contribution is 6.30. The minimum absolute atomic E-state index is 0.0147. The van der Waals surface area contributed by atoms with Crippen LogP contribution in [0.1, 0.15) is 101 Å². The van der Waals surface area contributed by atoms with E-state index in [2.05, 4.69) is 73.0 Å². The Morgan fingerprint density at radius 1 is 0.816 bits per heavy atom. The number of hydrogen-bond donors (Lipinski definition) is 1. The molecule has 0 saturated carbocycles. The lowest BCUT2D eigenvalue weighted by atomic mass is 10.0. The molecule has 2 aromatic carbocycles. The molecule has 0 aliphatic carbocycles. The van der Waals surface area contributed by atoms with E-state index in [9.17, 15) is 14.4 Å². The highest BCUT2D eigenvalue weighted by atomic mass is 35.5. The van der Waals surface area contributed by atoms with Gasteiger partial charge in [-0.1, -0.05) is 79.3 Å². The van der Waals surface area contributed by atoms with E-state index in [0.29, 0.717) is 34.9 Å². The van der Waals surface area contributed by atoms with Crippen LogP contribution in [0.15, 0.2) is 109 Å². The Bertz CT molecular complexity index is 1470. The van der Waals surface area contributed by atoms with E-state index >= 15 is 0 Å². The van der Waals surface area contributed by atoms with Crippen molar-refractivity contribution in [2.24, 2.45) is 0 Å². The smallest absolute Gasteiger partial charge is 0.263 e. The maximum Gasteiger partial charge on any atom is 0.263 e. The van der Waals surface area contributed by atoms with Crippen LogP contribution in [-0.4, -0.2) is 47.2 Å². The summed E-state index contributed by atoms with van der Waals surface area (Å²) in [6.07, 6.45) is 30.7. The third-order valence-electron chi connectivity index (χ3n) is 8.26. The van der Waals surface area contributed by atoms with Crippen molar-refractivity contribution in [3.05, 3.63) is 125 Å². The van der Waals surface area contributed by atoms with E-state index in [-0.39, 0.29) is 23.6 Å².